The van der Waals surface area contributed by atoms with Crippen LogP contribution in [0, 0.1) is 5.82 Å². The maximum Gasteiger partial charge on any atom is 0.313 e. The fraction of sp³-hybridized carbons (Fsp3) is 0.111. The van der Waals surface area contributed by atoms with Crippen molar-refractivity contribution in [2.75, 3.05) is 5.32 Å². The smallest absolute Gasteiger partial charge is 0.313 e. The van der Waals surface area contributed by atoms with Crippen LogP contribution in [0.2, 0.25) is 5.02 Å². The summed E-state index contributed by atoms with van der Waals surface area (Å²) in [5.74, 6) is -2.61. The highest BCUT2D eigenvalue weighted by Crippen LogP contribution is 2.20. The number of aromatic nitrogens is 3. The molecular weight excluding hydrogens is 373 g/mol. The quantitative estimate of drug-likeness (QED) is 0.658. The van der Waals surface area contributed by atoms with E-state index in [1.807, 2.05) is 30.3 Å². The Balaban J connectivity index is 1.73. The van der Waals surface area contributed by atoms with E-state index in [4.69, 9.17) is 11.6 Å². The third kappa shape index (κ3) is 4.89. The van der Waals surface area contributed by atoms with Gasteiger partial charge in [-0.2, -0.15) is 5.10 Å². The van der Waals surface area contributed by atoms with Gasteiger partial charge in [-0.3, -0.25) is 14.3 Å². The lowest BCUT2D eigenvalue weighted by atomic mass is 10.1. The van der Waals surface area contributed by atoms with Crippen LogP contribution < -0.4 is 10.6 Å². The molecule has 138 valence electrons. The van der Waals surface area contributed by atoms with E-state index in [1.165, 1.54) is 29.5 Å². The maximum atomic E-state index is 13.7. The molecule has 2 aromatic carbocycles. The van der Waals surface area contributed by atoms with Gasteiger partial charge < -0.3 is 10.6 Å². The van der Waals surface area contributed by atoms with Gasteiger partial charge in [-0.1, -0.05) is 41.9 Å². The van der Waals surface area contributed by atoms with E-state index in [0.29, 0.717) is 0 Å². The summed E-state index contributed by atoms with van der Waals surface area (Å²) in [6, 6.07) is 12.2. The second kappa shape index (κ2) is 8.41. The number of hydrogen-bond donors (Lipinski definition) is 2. The molecule has 0 saturated carbocycles. The van der Waals surface area contributed by atoms with E-state index in [-0.39, 0.29) is 17.3 Å². The standard InChI is InChI=1S/C18H15ClFN5O2/c19-13-6-7-14(20)15(8-13)23-17(26)18(27)24-16(9-25-11-21-10-22-25)12-4-2-1-3-5-12/h1-8,10-11,16H,9H2,(H,23,26)(H,24,27). The van der Waals surface area contributed by atoms with Gasteiger partial charge in [0.05, 0.1) is 18.3 Å². The molecule has 2 N–H and O–H groups in total. The maximum absolute atomic E-state index is 13.7. The molecule has 0 bridgehead atoms. The van der Waals surface area contributed by atoms with Crippen molar-refractivity contribution in [3.05, 3.63) is 77.6 Å². The molecule has 7 nitrogen and oxygen atoms in total. The van der Waals surface area contributed by atoms with E-state index in [2.05, 4.69) is 20.7 Å². The predicted molar refractivity (Wildman–Crippen MR) is 97.4 cm³/mol. The molecule has 0 saturated heterocycles. The molecule has 1 heterocycles. The number of rotatable bonds is 5. The van der Waals surface area contributed by atoms with Crippen LogP contribution in [0.4, 0.5) is 10.1 Å². The van der Waals surface area contributed by atoms with Crippen molar-refractivity contribution in [3.63, 3.8) is 0 Å². The second-order valence-electron chi connectivity index (χ2n) is 5.63. The SMILES string of the molecule is O=C(Nc1cc(Cl)ccc1F)C(=O)NC(Cn1cncn1)c1ccccc1. The summed E-state index contributed by atoms with van der Waals surface area (Å²) in [7, 11) is 0. The fourth-order valence-corrected chi connectivity index (χ4v) is 2.60. The van der Waals surface area contributed by atoms with Crippen LogP contribution in [0.25, 0.3) is 0 Å². The van der Waals surface area contributed by atoms with Gasteiger partial charge in [0.15, 0.2) is 0 Å². The number of hydrogen-bond acceptors (Lipinski definition) is 4. The summed E-state index contributed by atoms with van der Waals surface area (Å²) in [6.07, 6.45) is 2.88. The van der Waals surface area contributed by atoms with Crippen molar-refractivity contribution in [2.45, 2.75) is 12.6 Å². The lowest BCUT2D eigenvalue weighted by molar-refractivity contribution is -0.136. The van der Waals surface area contributed by atoms with E-state index in [9.17, 15) is 14.0 Å². The van der Waals surface area contributed by atoms with Crippen molar-refractivity contribution in [1.29, 1.82) is 0 Å². The van der Waals surface area contributed by atoms with Crippen molar-refractivity contribution >= 4 is 29.1 Å². The summed E-state index contributed by atoms with van der Waals surface area (Å²) >= 11 is 5.79. The molecule has 0 aliphatic carbocycles. The Kier molecular flexibility index (Phi) is 5.77. The molecule has 2 amide bonds. The zero-order valence-corrected chi connectivity index (χ0v) is 14.7. The fourth-order valence-electron chi connectivity index (χ4n) is 2.43. The van der Waals surface area contributed by atoms with Crippen LogP contribution in [0.15, 0.2) is 61.2 Å². The molecule has 0 spiro atoms. The first-order chi connectivity index (χ1) is 13.0. The van der Waals surface area contributed by atoms with Gasteiger partial charge in [-0.25, -0.2) is 9.37 Å². The highest BCUT2D eigenvalue weighted by atomic mass is 35.5. The molecule has 1 aromatic heterocycles. The molecule has 0 radical (unpaired) electrons. The monoisotopic (exact) mass is 387 g/mol. The average Bonchev–Trinajstić information content (AvgIpc) is 3.18. The molecule has 3 aromatic rings. The molecule has 9 heteroatoms. The number of amides is 2. The lowest BCUT2D eigenvalue weighted by Crippen LogP contribution is -2.39. The largest absolute Gasteiger partial charge is 0.339 e. The Morgan fingerprint density at radius 3 is 2.63 bits per heavy atom. The number of halogens is 2. The Morgan fingerprint density at radius 1 is 1.15 bits per heavy atom. The number of nitrogens with zero attached hydrogens (tertiary/aromatic N) is 3. The van der Waals surface area contributed by atoms with E-state index in [1.54, 1.807) is 0 Å². The van der Waals surface area contributed by atoms with Crippen LogP contribution >= 0.6 is 11.6 Å². The van der Waals surface area contributed by atoms with Crippen LogP contribution in [0.1, 0.15) is 11.6 Å². The van der Waals surface area contributed by atoms with E-state index in [0.717, 1.165) is 11.6 Å². The minimum Gasteiger partial charge on any atom is -0.339 e. The van der Waals surface area contributed by atoms with Crippen LogP contribution in [-0.2, 0) is 16.1 Å². The van der Waals surface area contributed by atoms with Crippen molar-refractivity contribution < 1.29 is 14.0 Å². The van der Waals surface area contributed by atoms with Crippen molar-refractivity contribution in [3.8, 4) is 0 Å². The number of nitrogens with one attached hydrogen (secondary N) is 2. The first-order valence-electron chi connectivity index (χ1n) is 7.97. The Bertz CT molecular complexity index is 934. The minimum absolute atomic E-state index is 0.171. The summed E-state index contributed by atoms with van der Waals surface area (Å²) < 4.78 is 15.3. The molecule has 0 aliphatic heterocycles. The topological polar surface area (TPSA) is 88.9 Å². The van der Waals surface area contributed by atoms with Gasteiger partial charge in [-0.15, -0.1) is 0 Å². The number of benzene rings is 2. The zero-order valence-electron chi connectivity index (χ0n) is 14.0. The average molecular weight is 388 g/mol. The molecule has 0 aliphatic rings. The Hall–Kier alpha value is -3.26. The predicted octanol–water partition coefficient (Wildman–Crippen LogP) is 2.57. The minimum atomic E-state index is -1.00. The first kappa shape index (κ1) is 18.5. The summed E-state index contributed by atoms with van der Waals surface area (Å²) in [5, 5.41) is 9.10. The third-order valence-corrected chi connectivity index (χ3v) is 3.96. The van der Waals surface area contributed by atoms with Gasteiger partial charge in [0.1, 0.15) is 18.5 Å². The molecule has 0 fully saturated rings. The third-order valence-electron chi connectivity index (χ3n) is 3.73. The summed E-state index contributed by atoms with van der Waals surface area (Å²) in [5.41, 5.74) is 0.610. The number of carbonyl (C=O) groups is 2. The number of anilines is 1. The highest BCUT2D eigenvalue weighted by molar-refractivity contribution is 6.40. The molecule has 3 rings (SSSR count). The first-order valence-corrected chi connectivity index (χ1v) is 8.35. The summed E-state index contributed by atoms with van der Waals surface area (Å²) in [4.78, 5) is 28.4. The van der Waals surface area contributed by atoms with E-state index >= 15 is 0 Å². The zero-order chi connectivity index (χ0) is 19.2. The van der Waals surface area contributed by atoms with Gasteiger partial charge in [-0.05, 0) is 23.8 Å². The van der Waals surface area contributed by atoms with Gasteiger partial charge in [0.25, 0.3) is 0 Å². The summed E-state index contributed by atoms with van der Waals surface area (Å²) in [6.45, 7) is 0.272. The van der Waals surface area contributed by atoms with Gasteiger partial charge in [0, 0.05) is 5.02 Å². The van der Waals surface area contributed by atoms with Crippen LogP contribution in [0.5, 0.6) is 0 Å². The Labute approximate surface area is 159 Å². The van der Waals surface area contributed by atoms with Gasteiger partial charge in [0.2, 0.25) is 0 Å². The Morgan fingerprint density at radius 2 is 1.93 bits per heavy atom. The van der Waals surface area contributed by atoms with Crippen LogP contribution in [0.3, 0.4) is 0 Å². The molecule has 1 atom stereocenters. The second-order valence-corrected chi connectivity index (χ2v) is 6.07. The molecule has 1 unspecified atom stereocenters. The van der Waals surface area contributed by atoms with E-state index < -0.39 is 23.7 Å². The molecule has 27 heavy (non-hydrogen) atoms. The highest BCUT2D eigenvalue weighted by Gasteiger charge is 2.21. The van der Waals surface area contributed by atoms with Crippen LogP contribution in [-0.4, -0.2) is 26.6 Å². The molecular formula is C18H15ClFN5O2. The van der Waals surface area contributed by atoms with Gasteiger partial charge >= 0.3 is 11.8 Å². The van der Waals surface area contributed by atoms with Crippen molar-refractivity contribution in [2.24, 2.45) is 0 Å². The van der Waals surface area contributed by atoms with Crippen molar-refractivity contribution in [1.82, 2.24) is 20.1 Å². The normalized spacial score (nSPS) is 11.6. The number of carbonyl (C=O) groups excluding carboxylic acids is 2. The lowest BCUT2D eigenvalue weighted by Gasteiger charge is -2.19.